The van der Waals surface area contributed by atoms with Crippen molar-refractivity contribution in [1.29, 1.82) is 0 Å². The molecule has 8 nitrogen and oxygen atoms in total. The number of rotatable bonds is 10. The number of imidazole rings is 1. The molecule has 0 bridgehead atoms. The Kier molecular flexibility index (Phi) is 6.96. The van der Waals surface area contributed by atoms with Crippen LogP contribution in [0.5, 0.6) is 0 Å². The molecule has 5 aromatic rings. The van der Waals surface area contributed by atoms with Gasteiger partial charge in [-0.25, -0.2) is 28.7 Å². The predicted octanol–water partition coefficient (Wildman–Crippen LogP) is 4.14. The van der Waals surface area contributed by atoms with Gasteiger partial charge < -0.3 is 15.6 Å². The quantitative estimate of drug-likeness (QED) is 0.252. The third-order valence-electron chi connectivity index (χ3n) is 5.32. The summed E-state index contributed by atoms with van der Waals surface area (Å²) in [5, 5.41) is 7.45. The maximum absolute atomic E-state index is 13.8. The third-order valence-corrected chi connectivity index (χ3v) is 6.34. The summed E-state index contributed by atoms with van der Waals surface area (Å²) in [6.07, 6.45) is 6.21. The number of hydrogen-bond donors (Lipinski definition) is 3. The molecule has 0 aliphatic carbocycles. The summed E-state index contributed by atoms with van der Waals surface area (Å²) in [5.41, 5.74) is 2.56. The van der Waals surface area contributed by atoms with Crippen molar-refractivity contribution in [1.82, 2.24) is 35.2 Å². The van der Waals surface area contributed by atoms with E-state index in [1.54, 1.807) is 24.5 Å². The maximum atomic E-state index is 13.8. The summed E-state index contributed by atoms with van der Waals surface area (Å²) < 4.78 is 27.3. The highest BCUT2D eigenvalue weighted by atomic mass is 32.1. The van der Waals surface area contributed by atoms with Crippen molar-refractivity contribution in [3.8, 4) is 11.3 Å². The number of benzene rings is 1. The molecular weight excluding hydrogens is 470 g/mol. The maximum Gasteiger partial charge on any atom is 0.157 e. The molecule has 0 unspecified atom stereocenters. The second-order valence-corrected chi connectivity index (χ2v) is 8.84. The summed E-state index contributed by atoms with van der Waals surface area (Å²) in [6, 6.07) is 9.36. The highest BCUT2D eigenvalue weighted by Crippen LogP contribution is 2.25. The van der Waals surface area contributed by atoms with Crippen LogP contribution >= 0.6 is 11.3 Å². The van der Waals surface area contributed by atoms with Crippen LogP contribution in [0.25, 0.3) is 21.6 Å². The molecule has 0 saturated heterocycles. The van der Waals surface area contributed by atoms with Gasteiger partial charge >= 0.3 is 0 Å². The van der Waals surface area contributed by atoms with Crippen molar-refractivity contribution < 1.29 is 8.78 Å². The minimum Gasteiger partial charge on any atom is -0.362 e. The van der Waals surface area contributed by atoms with Crippen molar-refractivity contribution in [3.63, 3.8) is 0 Å². The minimum absolute atomic E-state index is 0.209. The van der Waals surface area contributed by atoms with Crippen LogP contribution < -0.4 is 10.6 Å². The fourth-order valence-corrected chi connectivity index (χ4v) is 4.47. The summed E-state index contributed by atoms with van der Waals surface area (Å²) in [4.78, 5) is 25.7. The van der Waals surface area contributed by atoms with E-state index in [-0.39, 0.29) is 18.2 Å². The lowest BCUT2D eigenvalue weighted by Gasteiger charge is -2.05. The molecule has 0 aliphatic heterocycles. The number of fused-ring (bicyclic) bond motifs is 1. The second-order valence-electron chi connectivity index (χ2n) is 7.77. The SMILES string of the molecule is Fc1cccc(-c2cnc(CCNCCc3nc4c(NCc5ncccc5F)ncnc4s3)[nH]2)c1. The number of H-pyrrole nitrogens is 1. The van der Waals surface area contributed by atoms with Gasteiger partial charge in [-0.2, -0.15) is 0 Å². The van der Waals surface area contributed by atoms with E-state index in [9.17, 15) is 8.78 Å². The largest absolute Gasteiger partial charge is 0.362 e. The van der Waals surface area contributed by atoms with Gasteiger partial charge in [0.25, 0.3) is 0 Å². The molecule has 4 heterocycles. The van der Waals surface area contributed by atoms with Crippen LogP contribution in [0.4, 0.5) is 14.6 Å². The molecule has 0 aliphatic rings. The molecule has 4 aromatic heterocycles. The van der Waals surface area contributed by atoms with Gasteiger partial charge in [0.1, 0.15) is 34.1 Å². The van der Waals surface area contributed by atoms with Crippen molar-refractivity contribution in [2.24, 2.45) is 0 Å². The summed E-state index contributed by atoms with van der Waals surface area (Å²) in [5.74, 6) is 0.760. The third kappa shape index (κ3) is 5.64. The number of halogens is 2. The molecule has 35 heavy (non-hydrogen) atoms. The molecule has 0 fully saturated rings. The van der Waals surface area contributed by atoms with Crippen LogP contribution in [-0.4, -0.2) is 43.0 Å². The van der Waals surface area contributed by atoms with E-state index in [0.29, 0.717) is 17.0 Å². The first-order chi connectivity index (χ1) is 17.2. The first kappa shape index (κ1) is 22.9. The van der Waals surface area contributed by atoms with Gasteiger partial charge in [0.15, 0.2) is 5.82 Å². The van der Waals surface area contributed by atoms with E-state index in [2.05, 4.69) is 40.5 Å². The van der Waals surface area contributed by atoms with Crippen molar-refractivity contribution in [2.45, 2.75) is 19.4 Å². The first-order valence-corrected chi connectivity index (χ1v) is 11.9. The lowest BCUT2D eigenvalue weighted by Crippen LogP contribution is -2.20. The lowest BCUT2D eigenvalue weighted by molar-refractivity contribution is 0.602. The fraction of sp³-hybridized carbons (Fsp3) is 0.208. The van der Waals surface area contributed by atoms with Crippen molar-refractivity contribution in [2.75, 3.05) is 18.4 Å². The lowest BCUT2D eigenvalue weighted by atomic mass is 10.2. The topological polar surface area (TPSA) is 104 Å². The average molecular weight is 493 g/mol. The monoisotopic (exact) mass is 492 g/mol. The number of thiazole rings is 1. The van der Waals surface area contributed by atoms with Crippen LogP contribution in [0.15, 0.2) is 55.1 Å². The number of aromatic amines is 1. The van der Waals surface area contributed by atoms with E-state index in [0.717, 1.165) is 52.9 Å². The van der Waals surface area contributed by atoms with Gasteiger partial charge in [0.05, 0.1) is 29.1 Å². The van der Waals surface area contributed by atoms with Crippen molar-refractivity contribution in [3.05, 3.63) is 83.3 Å². The first-order valence-electron chi connectivity index (χ1n) is 11.1. The van der Waals surface area contributed by atoms with E-state index < -0.39 is 0 Å². The number of nitrogens with one attached hydrogen (secondary N) is 3. The Balaban J connectivity index is 1.12. The van der Waals surface area contributed by atoms with Gasteiger partial charge in [-0.3, -0.25) is 4.98 Å². The summed E-state index contributed by atoms with van der Waals surface area (Å²) >= 11 is 1.51. The predicted molar refractivity (Wildman–Crippen MR) is 131 cm³/mol. The fourth-order valence-electron chi connectivity index (χ4n) is 3.57. The molecule has 5 rings (SSSR count). The van der Waals surface area contributed by atoms with E-state index in [4.69, 9.17) is 0 Å². The normalized spacial score (nSPS) is 11.3. The van der Waals surface area contributed by atoms with E-state index >= 15 is 0 Å². The Hall–Kier alpha value is -3.83. The highest BCUT2D eigenvalue weighted by molar-refractivity contribution is 7.18. The highest BCUT2D eigenvalue weighted by Gasteiger charge is 2.12. The van der Waals surface area contributed by atoms with Crippen LogP contribution in [0.3, 0.4) is 0 Å². The molecule has 1 aromatic carbocycles. The molecule has 3 N–H and O–H groups in total. The second kappa shape index (κ2) is 10.6. The van der Waals surface area contributed by atoms with Gasteiger partial charge in [0, 0.05) is 37.7 Å². The molecule has 178 valence electrons. The molecule has 0 atom stereocenters. The number of pyridine rings is 1. The van der Waals surface area contributed by atoms with E-state index in [1.807, 2.05) is 6.07 Å². The molecule has 0 saturated carbocycles. The van der Waals surface area contributed by atoms with Gasteiger partial charge in [0.2, 0.25) is 0 Å². The van der Waals surface area contributed by atoms with Crippen LogP contribution in [-0.2, 0) is 19.4 Å². The zero-order valence-electron chi connectivity index (χ0n) is 18.6. The van der Waals surface area contributed by atoms with Crippen LogP contribution in [0.2, 0.25) is 0 Å². The number of nitrogens with zero attached hydrogens (tertiary/aromatic N) is 5. The summed E-state index contributed by atoms with van der Waals surface area (Å²) in [7, 11) is 0. The van der Waals surface area contributed by atoms with Gasteiger partial charge in [-0.05, 0) is 24.3 Å². The average Bonchev–Trinajstić information content (AvgIpc) is 3.51. The standard InChI is InChI=1S/C24H22F2N8S/c25-16-4-1-3-15(11-16)18-12-29-20(33-18)6-9-27-10-7-21-34-22-23(31-14-32-24(22)35-21)30-13-19-17(26)5-2-8-28-19/h1-5,8,11-12,14,27H,6-7,9-10,13H2,(H,29,33)(H,30,31,32). The number of hydrogen-bond acceptors (Lipinski definition) is 8. The van der Waals surface area contributed by atoms with E-state index in [1.165, 1.54) is 35.9 Å². The summed E-state index contributed by atoms with van der Waals surface area (Å²) in [6.45, 7) is 1.69. The van der Waals surface area contributed by atoms with Gasteiger partial charge in [-0.15, -0.1) is 0 Å². The molecule has 0 radical (unpaired) electrons. The zero-order chi connectivity index (χ0) is 24.0. The Morgan fingerprint density at radius 3 is 2.77 bits per heavy atom. The Bertz CT molecular complexity index is 1430. The number of aromatic nitrogens is 6. The van der Waals surface area contributed by atoms with Crippen molar-refractivity contribution >= 4 is 27.5 Å². The Morgan fingerprint density at radius 1 is 0.971 bits per heavy atom. The van der Waals surface area contributed by atoms with Crippen LogP contribution in [0, 0.1) is 11.6 Å². The molecule has 0 spiro atoms. The smallest absolute Gasteiger partial charge is 0.157 e. The Labute approximate surface area is 203 Å². The zero-order valence-corrected chi connectivity index (χ0v) is 19.4. The Morgan fingerprint density at radius 2 is 1.89 bits per heavy atom. The number of anilines is 1. The minimum atomic E-state index is -0.366. The van der Waals surface area contributed by atoms with Crippen LogP contribution in [0.1, 0.15) is 16.5 Å². The molecule has 11 heteroatoms. The molecular formula is C24H22F2N8S. The molecule has 0 amide bonds. The van der Waals surface area contributed by atoms with Gasteiger partial charge in [-0.1, -0.05) is 23.5 Å².